The molecule has 0 saturated carbocycles. The van der Waals surface area contributed by atoms with Gasteiger partial charge in [0, 0.05) is 37.4 Å². The van der Waals surface area contributed by atoms with Crippen LogP contribution in [0.25, 0.3) is 65.0 Å². The van der Waals surface area contributed by atoms with Gasteiger partial charge in [0.25, 0.3) is 0 Å². The lowest BCUT2D eigenvalue weighted by molar-refractivity contribution is 0.491. The summed E-state index contributed by atoms with van der Waals surface area (Å²) in [4.78, 5) is -0.0157. The van der Waals surface area contributed by atoms with E-state index >= 15 is 0 Å². The van der Waals surface area contributed by atoms with Gasteiger partial charge in [-0.15, -0.1) is 0 Å². The zero-order valence-electron chi connectivity index (χ0n) is 32.7. The highest BCUT2D eigenvalue weighted by Crippen LogP contribution is 2.50. The first kappa shape index (κ1) is 37.1. The minimum atomic E-state index is -4.42. The molecule has 0 fully saturated rings. The zero-order chi connectivity index (χ0) is 40.2. The molecule has 0 amide bonds. The maximum absolute atomic E-state index is 14.4. The summed E-state index contributed by atoms with van der Waals surface area (Å²) in [6, 6.07) is 27.1. The van der Waals surface area contributed by atoms with E-state index in [0.717, 1.165) is 27.6 Å². The van der Waals surface area contributed by atoms with Crippen LogP contribution < -0.4 is 14.6 Å². The first-order chi connectivity index (χ1) is 25.7. The fraction of sp³-hybridized carbons (Fsp3) is 0.277. The second kappa shape index (κ2) is 12.2. The van der Waals surface area contributed by atoms with Crippen LogP contribution in [0.15, 0.2) is 65.6 Å². The molecule has 0 unspecified atom stereocenters. The maximum atomic E-state index is 14.4. The average Bonchev–Trinajstić information content (AvgIpc) is 3.11. The van der Waals surface area contributed by atoms with Crippen molar-refractivity contribution in [1.29, 1.82) is 21.0 Å². The number of nitriles is 4. The van der Waals surface area contributed by atoms with E-state index < -0.39 is 26.4 Å². The van der Waals surface area contributed by atoms with E-state index in [4.69, 9.17) is 4.18 Å². The zero-order valence-corrected chi connectivity index (χ0v) is 33.5. The summed E-state index contributed by atoms with van der Waals surface area (Å²) in [5.74, 6) is 0.0943. The minimum absolute atomic E-state index is 0.0157. The Morgan fingerprint density at radius 2 is 0.818 bits per heavy atom. The van der Waals surface area contributed by atoms with Gasteiger partial charge >= 0.3 is 10.1 Å². The molecule has 8 heteroatoms. The Bertz CT molecular complexity index is 3020. The Morgan fingerprint density at radius 3 is 1.13 bits per heavy atom. The minimum Gasteiger partial charge on any atom is -0.378 e. The topological polar surface area (TPSA) is 139 Å². The van der Waals surface area contributed by atoms with Crippen molar-refractivity contribution in [2.75, 3.05) is 0 Å². The van der Waals surface area contributed by atoms with Crippen LogP contribution >= 0.6 is 0 Å². The molecular weight excluding hydrogens is 701 g/mol. The van der Waals surface area contributed by atoms with Crippen LogP contribution in [0.2, 0.25) is 0 Å². The molecule has 55 heavy (non-hydrogen) atoms. The van der Waals surface area contributed by atoms with Crippen molar-refractivity contribution in [1.82, 2.24) is 0 Å². The van der Waals surface area contributed by atoms with Crippen LogP contribution in [0.5, 0.6) is 5.75 Å². The molecule has 0 aliphatic carbocycles. The van der Waals surface area contributed by atoms with Gasteiger partial charge in [-0.3, -0.25) is 0 Å². The van der Waals surface area contributed by atoms with Gasteiger partial charge < -0.3 is 4.18 Å². The summed E-state index contributed by atoms with van der Waals surface area (Å²) in [7, 11) is -4.42. The van der Waals surface area contributed by atoms with E-state index in [1.165, 1.54) is 12.1 Å². The van der Waals surface area contributed by atoms with Gasteiger partial charge in [0.15, 0.2) is 5.75 Å². The molecule has 0 spiro atoms. The molecule has 7 nitrogen and oxygen atoms in total. The monoisotopic (exact) mass is 740 g/mol. The lowest BCUT2D eigenvalue weighted by Crippen LogP contribution is -2.21. The summed E-state index contributed by atoms with van der Waals surface area (Å²) in [5.41, 5.74) is 1.96. The first-order valence-corrected chi connectivity index (χ1v) is 19.5. The van der Waals surface area contributed by atoms with Gasteiger partial charge in [-0.25, -0.2) is 0 Å². The molecule has 7 aromatic carbocycles. The van der Waals surface area contributed by atoms with Gasteiger partial charge in [0.05, 0.1) is 0 Å². The van der Waals surface area contributed by atoms with Crippen molar-refractivity contribution in [2.24, 2.45) is 0 Å². The Kier molecular flexibility index (Phi) is 8.21. The predicted octanol–water partition coefficient (Wildman–Crippen LogP) is 9.69. The Balaban J connectivity index is 1.97. The summed E-state index contributed by atoms with van der Waals surface area (Å²) in [5, 5.41) is 49.3. The number of hydrogen-bond acceptors (Lipinski definition) is 7. The van der Waals surface area contributed by atoms with Crippen LogP contribution in [0.1, 0.15) is 84.6 Å². The molecule has 0 N–H and O–H groups in total. The van der Waals surface area contributed by atoms with Crippen molar-refractivity contribution in [3.8, 4) is 30.0 Å². The van der Waals surface area contributed by atoms with Gasteiger partial charge in [-0.05, 0) is 115 Å². The maximum Gasteiger partial charge on any atom is 0.339 e. The molecule has 272 valence electrons. The largest absolute Gasteiger partial charge is 0.378 e. The van der Waals surface area contributed by atoms with Crippen LogP contribution in [-0.2, 0) is 26.4 Å². The van der Waals surface area contributed by atoms with Crippen molar-refractivity contribution >= 4 is 75.1 Å². The van der Waals surface area contributed by atoms with E-state index in [0.29, 0.717) is 58.9 Å². The second-order valence-electron chi connectivity index (χ2n) is 17.6. The number of rotatable bonds is 3. The lowest BCUT2D eigenvalue weighted by atomic mass is 9.76. The Hall–Kier alpha value is -6.19. The standard InChI is InChI=1S/C47H40N4O3S/c1-25-11-13-31(14-12-25)55(52,53)54-44-36-19-29(46(5,6)7)17-34-38(26(21-48)22-49)32-15-28(45(2,3)4)16-33-39(27(23-50)24-51)35-18-30(47(8,9)10)20-37(44)42(35)43(40(32)33)41(34)36/h11-20H,1-10H3. The number of benzene rings is 7. The molecule has 0 aliphatic heterocycles. The molecule has 7 aromatic rings. The summed E-state index contributed by atoms with van der Waals surface area (Å²) >= 11 is 0. The molecule has 7 rings (SSSR count). The SMILES string of the molecule is Cc1ccc(S(=O)(=O)Oc2c3cc(C(C)(C)C)cc4c(=C(C#N)C#N)c5cc(C(C)(C)C)cc6c(=C(C#N)C#N)c7cc(C(C)(C)C)cc2c7c(c34)c56)cc1. The number of nitrogens with zero attached hydrogens (tertiary/aromatic N) is 4. The quantitative estimate of drug-likeness (QED) is 0.0999. The van der Waals surface area contributed by atoms with Crippen molar-refractivity contribution in [3.63, 3.8) is 0 Å². The number of aryl methyl sites for hydroxylation is 1. The molecule has 0 aliphatic rings. The summed E-state index contributed by atoms with van der Waals surface area (Å²) in [6.45, 7) is 20.4. The highest BCUT2D eigenvalue weighted by Gasteiger charge is 2.31. The van der Waals surface area contributed by atoms with Gasteiger partial charge in [-0.2, -0.15) is 29.5 Å². The van der Waals surface area contributed by atoms with E-state index in [2.05, 4.69) is 86.6 Å². The molecular formula is C47H40N4O3S. The highest BCUT2D eigenvalue weighted by molar-refractivity contribution is 7.87. The third-order valence-electron chi connectivity index (χ3n) is 10.8. The van der Waals surface area contributed by atoms with E-state index in [9.17, 15) is 29.5 Å². The Morgan fingerprint density at radius 1 is 0.509 bits per heavy atom. The third-order valence-corrected chi connectivity index (χ3v) is 12.0. The normalized spacial score (nSPS) is 12.6. The van der Waals surface area contributed by atoms with Gasteiger partial charge in [-0.1, -0.05) is 80.0 Å². The summed E-state index contributed by atoms with van der Waals surface area (Å²) in [6.07, 6.45) is 0. The average molecular weight is 741 g/mol. The second-order valence-corrected chi connectivity index (χ2v) is 19.1. The molecule has 0 bridgehead atoms. The molecule has 0 radical (unpaired) electrons. The summed E-state index contributed by atoms with van der Waals surface area (Å²) < 4.78 is 35.1. The van der Waals surface area contributed by atoms with Crippen LogP contribution in [0, 0.1) is 52.2 Å². The molecule has 0 saturated heterocycles. The van der Waals surface area contributed by atoms with E-state index in [-0.39, 0.29) is 21.8 Å². The van der Waals surface area contributed by atoms with Crippen molar-refractivity contribution in [2.45, 2.75) is 90.4 Å². The van der Waals surface area contributed by atoms with Crippen LogP contribution in [-0.4, -0.2) is 8.42 Å². The van der Waals surface area contributed by atoms with Crippen LogP contribution in [0.4, 0.5) is 0 Å². The van der Waals surface area contributed by atoms with E-state index in [1.54, 1.807) is 12.1 Å². The third kappa shape index (κ3) is 5.69. The highest BCUT2D eigenvalue weighted by atomic mass is 32.2. The van der Waals surface area contributed by atoms with Crippen molar-refractivity contribution < 1.29 is 12.6 Å². The van der Waals surface area contributed by atoms with Crippen molar-refractivity contribution in [3.05, 3.63) is 93.4 Å². The van der Waals surface area contributed by atoms with Gasteiger partial charge in [0.1, 0.15) is 40.3 Å². The molecule has 0 heterocycles. The predicted molar refractivity (Wildman–Crippen MR) is 220 cm³/mol. The lowest BCUT2D eigenvalue weighted by Gasteiger charge is -2.28. The molecule has 0 aromatic heterocycles. The smallest absolute Gasteiger partial charge is 0.339 e. The first-order valence-electron chi connectivity index (χ1n) is 18.1. The van der Waals surface area contributed by atoms with E-state index in [1.807, 2.05) is 43.3 Å². The molecule has 0 atom stereocenters. The Labute approximate surface area is 321 Å². The fourth-order valence-electron chi connectivity index (χ4n) is 7.76. The van der Waals surface area contributed by atoms with Gasteiger partial charge in [0.2, 0.25) is 0 Å². The van der Waals surface area contributed by atoms with Crippen LogP contribution in [0.3, 0.4) is 0 Å². The fourth-order valence-corrected chi connectivity index (χ4v) is 8.72. The number of hydrogen-bond donors (Lipinski definition) is 0.